The largest absolute Gasteiger partial charge is 0.497 e. The summed E-state index contributed by atoms with van der Waals surface area (Å²) in [5.41, 5.74) is 6.60. The number of ether oxygens (including phenoxy) is 2. The van der Waals surface area contributed by atoms with Gasteiger partial charge in [0.1, 0.15) is 11.5 Å². The smallest absolute Gasteiger partial charge is 0.240 e. The van der Waals surface area contributed by atoms with E-state index in [1.54, 1.807) is 14.2 Å². The first kappa shape index (κ1) is 18.5. The second kappa shape index (κ2) is 8.32. The Bertz CT molecular complexity index is 661. The molecule has 1 saturated carbocycles. The van der Waals surface area contributed by atoms with Crippen LogP contribution in [0.1, 0.15) is 30.1 Å². The Labute approximate surface area is 147 Å². The molecule has 1 heterocycles. The highest BCUT2D eigenvalue weighted by Crippen LogP contribution is 2.32. The molecule has 1 aromatic heterocycles. The predicted molar refractivity (Wildman–Crippen MR) is 91.3 cm³/mol. The molecule has 24 heavy (non-hydrogen) atoms. The molecule has 2 aromatic rings. The first-order chi connectivity index (χ1) is 11.2. The zero-order chi connectivity index (χ0) is 16.2. The molecule has 0 spiro atoms. The van der Waals surface area contributed by atoms with E-state index in [9.17, 15) is 0 Å². The predicted octanol–water partition coefficient (Wildman–Crippen LogP) is 2.13. The summed E-state index contributed by atoms with van der Waals surface area (Å²) >= 11 is 0. The molecule has 3 rings (SSSR count). The molecule has 1 aliphatic carbocycles. The van der Waals surface area contributed by atoms with Gasteiger partial charge >= 0.3 is 0 Å². The van der Waals surface area contributed by atoms with Crippen LogP contribution in [0.5, 0.6) is 11.5 Å². The lowest BCUT2D eigenvalue weighted by atomic mass is 10.1. The summed E-state index contributed by atoms with van der Waals surface area (Å²) in [7, 11) is 3.34. The number of methoxy groups -OCH3 is 2. The molecule has 0 bridgehead atoms. The number of rotatable bonds is 8. The summed E-state index contributed by atoms with van der Waals surface area (Å²) < 4.78 is 15.9. The number of benzene rings is 1. The van der Waals surface area contributed by atoms with Crippen molar-refractivity contribution in [2.45, 2.75) is 38.5 Å². The summed E-state index contributed by atoms with van der Waals surface area (Å²) in [6, 6.07) is 6.39. The molecule has 0 saturated heterocycles. The molecule has 1 aromatic carbocycles. The molecule has 132 valence electrons. The van der Waals surface area contributed by atoms with Crippen LogP contribution < -0.4 is 15.2 Å². The highest BCUT2D eigenvalue weighted by atomic mass is 35.5. The van der Waals surface area contributed by atoms with Gasteiger partial charge in [-0.05, 0) is 31.0 Å². The first-order valence-corrected chi connectivity index (χ1v) is 7.70. The molecule has 0 atom stereocenters. The highest BCUT2D eigenvalue weighted by molar-refractivity contribution is 5.85. The maximum absolute atomic E-state index is 5.52. The fourth-order valence-corrected chi connectivity index (χ4v) is 2.60. The lowest BCUT2D eigenvalue weighted by Crippen LogP contribution is -2.26. The van der Waals surface area contributed by atoms with Crippen LogP contribution in [0.4, 0.5) is 0 Å². The van der Waals surface area contributed by atoms with E-state index < -0.39 is 0 Å². The molecule has 8 heteroatoms. The van der Waals surface area contributed by atoms with Gasteiger partial charge < -0.3 is 19.7 Å². The van der Waals surface area contributed by atoms with Crippen molar-refractivity contribution in [2.24, 2.45) is 5.73 Å². The Morgan fingerprint density at radius 1 is 1.25 bits per heavy atom. The number of nitrogens with two attached hydrogens (primary N) is 1. The topological polar surface area (TPSA) is 86.6 Å². The van der Waals surface area contributed by atoms with Gasteiger partial charge in [-0.3, -0.25) is 4.90 Å². The maximum atomic E-state index is 5.52. The Kier molecular flexibility index (Phi) is 6.42. The summed E-state index contributed by atoms with van der Waals surface area (Å²) in [6.07, 6.45) is 2.38. The average Bonchev–Trinajstić information content (AvgIpc) is 3.33. The van der Waals surface area contributed by atoms with E-state index >= 15 is 0 Å². The minimum atomic E-state index is 0. The second-order valence-electron chi connectivity index (χ2n) is 5.62. The van der Waals surface area contributed by atoms with Gasteiger partial charge in [-0.25, -0.2) is 0 Å². The van der Waals surface area contributed by atoms with Gasteiger partial charge in [0.15, 0.2) is 5.82 Å². The van der Waals surface area contributed by atoms with Gasteiger partial charge in [0.25, 0.3) is 0 Å². The lowest BCUT2D eigenvalue weighted by molar-refractivity contribution is 0.231. The second-order valence-corrected chi connectivity index (χ2v) is 5.62. The highest BCUT2D eigenvalue weighted by Gasteiger charge is 2.30. The van der Waals surface area contributed by atoms with E-state index in [2.05, 4.69) is 15.0 Å². The van der Waals surface area contributed by atoms with Crippen LogP contribution in [0.3, 0.4) is 0 Å². The Hall–Kier alpha value is -1.83. The van der Waals surface area contributed by atoms with E-state index in [0.29, 0.717) is 24.3 Å². The van der Waals surface area contributed by atoms with Gasteiger partial charge in [0, 0.05) is 18.2 Å². The van der Waals surface area contributed by atoms with E-state index in [1.807, 2.05) is 18.2 Å². The summed E-state index contributed by atoms with van der Waals surface area (Å²) in [4.78, 5) is 6.63. The van der Waals surface area contributed by atoms with E-state index in [-0.39, 0.29) is 19.0 Å². The third kappa shape index (κ3) is 4.37. The van der Waals surface area contributed by atoms with Crippen molar-refractivity contribution in [2.75, 3.05) is 14.2 Å². The van der Waals surface area contributed by atoms with Gasteiger partial charge in [-0.1, -0.05) is 5.16 Å². The van der Waals surface area contributed by atoms with Crippen LogP contribution in [0.15, 0.2) is 22.7 Å². The van der Waals surface area contributed by atoms with E-state index in [1.165, 1.54) is 12.8 Å². The fourth-order valence-electron chi connectivity index (χ4n) is 2.60. The summed E-state index contributed by atoms with van der Waals surface area (Å²) in [6.45, 7) is 1.65. The minimum Gasteiger partial charge on any atom is -0.497 e. The van der Waals surface area contributed by atoms with Crippen molar-refractivity contribution in [1.29, 1.82) is 0 Å². The van der Waals surface area contributed by atoms with Gasteiger partial charge in [-0.2, -0.15) is 4.98 Å². The Morgan fingerprint density at radius 2 is 2.04 bits per heavy atom. The van der Waals surface area contributed by atoms with Gasteiger partial charge in [-0.15, -0.1) is 12.4 Å². The van der Waals surface area contributed by atoms with Crippen molar-refractivity contribution in [1.82, 2.24) is 15.0 Å². The lowest BCUT2D eigenvalue weighted by Gasteiger charge is -2.22. The van der Waals surface area contributed by atoms with Crippen molar-refractivity contribution in [3.8, 4) is 11.5 Å². The molecule has 0 amide bonds. The van der Waals surface area contributed by atoms with E-state index in [0.717, 1.165) is 23.6 Å². The van der Waals surface area contributed by atoms with Gasteiger partial charge in [0.2, 0.25) is 5.89 Å². The summed E-state index contributed by atoms with van der Waals surface area (Å²) in [5, 5.41) is 3.99. The number of hydrogen-bond donors (Lipinski definition) is 1. The number of halogens is 1. The third-order valence-electron chi connectivity index (χ3n) is 3.95. The standard InChI is InChI=1S/C16H22N4O3.ClH/c1-21-13-5-6-14(22-2)11(7-13)9-20(12-3-4-12)10-15-18-16(8-17)23-19-15;/h5-7,12H,3-4,8-10,17H2,1-2H3;1H. The maximum Gasteiger partial charge on any atom is 0.240 e. The number of aromatic nitrogens is 2. The van der Waals surface area contributed by atoms with Crippen LogP contribution in [0.25, 0.3) is 0 Å². The summed E-state index contributed by atoms with van der Waals surface area (Å²) in [5.74, 6) is 2.81. The van der Waals surface area contributed by atoms with Crippen molar-refractivity contribution in [3.63, 3.8) is 0 Å². The third-order valence-corrected chi connectivity index (χ3v) is 3.95. The Morgan fingerprint density at radius 3 is 2.62 bits per heavy atom. The van der Waals surface area contributed by atoms with Crippen molar-refractivity contribution < 1.29 is 14.0 Å². The monoisotopic (exact) mass is 354 g/mol. The first-order valence-electron chi connectivity index (χ1n) is 7.70. The SMILES string of the molecule is COc1ccc(OC)c(CN(Cc2noc(CN)n2)C2CC2)c1.Cl. The molecular formula is C16H23ClN4O3. The number of nitrogens with zero attached hydrogens (tertiary/aromatic N) is 3. The quantitative estimate of drug-likeness (QED) is 0.777. The average molecular weight is 355 g/mol. The Balaban J connectivity index is 0.00000208. The van der Waals surface area contributed by atoms with Crippen molar-refractivity contribution in [3.05, 3.63) is 35.5 Å². The van der Waals surface area contributed by atoms with Crippen LogP contribution in [-0.2, 0) is 19.6 Å². The van der Waals surface area contributed by atoms with Crippen molar-refractivity contribution >= 4 is 12.4 Å². The fraction of sp³-hybridized carbons (Fsp3) is 0.500. The van der Waals surface area contributed by atoms with Crippen LogP contribution in [0.2, 0.25) is 0 Å². The molecule has 7 nitrogen and oxygen atoms in total. The van der Waals surface area contributed by atoms with Crippen LogP contribution >= 0.6 is 12.4 Å². The normalized spacial score (nSPS) is 13.7. The van der Waals surface area contributed by atoms with E-state index in [4.69, 9.17) is 19.7 Å². The molecule has 2 N–H and O–H groups in total. The molecule has 1 fully saturated rings. The molecular weight excluding hydrogens is 332 g/mol. The van der Waals surface area contributed by atoms with Crippen LogP contribution in [0, 0.1) is 0 Å². The zero-order valence-corrected chi connectivity index (χ0v) is 14.7. The minimum absolute atomic E-state index is 0. The molecule has 0 radical (unpaired) electrons. The van der Waals surface area contributed by atoms with Gasteiger partial charge in [0.05, 0.1) is 27.3 Å². The molecule has 0 aliphatic heterocycles. The molecule has 1 aliphatic rings. The van der Waals surface area contributed by atoms with Crippen LogP contribution in [-0.4, -0.2) is 35.3 Å². The zero-order valence-electron chi connectivity index (χ0n) is 13.9. The molecule has 0 unspecified atom stereocenters. The number of hydrogen-bond acceptors (Lipinski definition) is 7.